The number of rotatable bonds is 15. The number of carbonyl (C=O) groups is 6. The molecule has 0 aliphatic heterocycles. The predicted molar refractivity (Wildman–Crippen MR) is 310 cm³/mol. The third-order valence-electron chi connectivity index (χ3n) is 14.1. The van der Waals surface area contributed by atoms with E-state index >= 15 is 13.2 Å². The van der Waals surface area contributed by atoms with Gasteiger partial charge in [0.05, 0.1) is 45.0 Å². The molecule has 0 saturated carbocycles. The van der Waals surface area contributed by atoms with Gasteiger partial charge in [-0.15, -0.1) is 0 Å². The van der Waals surface area contributed by atoms with E-state index < -0.39 is 63.8 Å². The maximum atomic E-state index is 15.6. The highest BCUT2D eigenvalue weighted by Crippen LogP contribution is 2.47. The lowest BCUT2D eigenvalue weighted by Gasteiger charge is -2.34. The fourth-order valence-electron chi connectivity index (χ4n) is 9.33. The van der Waals surface area contributed by atoms with E-state index in [0.29, 0.717) is 73.2 Å². The molecule has 7 rings (SSSR count). The number of aromatic carboxylic acids is 2. The maximum absolute atomic E-state index is 15.6. The molecule has 7 aromatic rings. The molecule has 0 saturated heterocycles. The van der Waals surface area contributed by atoms with Crippen LogP contribution in [0.25, 0.3) is 0 Å². The first-order valence-electron chi connectivity index (χ1n) is 25.8. The number of carbonyl (C=O) groups excluding carboxylic acids is 8. The fraction of sp³-hybridized carbons (Fsp3) is 0.206. The Bertz CT molecular complexity index is 3910. The second-order valence-electron chi connectivity index (χ2n) is 19.9. The summed E-state index contributed by atoms with van der Waals surface area (Å²) in [5.74, 6) is -5.81. The topological polar surface area (TPSA) is 309 Å². The molecule has 0 aromatic heterocycles. The molecule has 0 radical (unpaired) electrons. The molecule has 20 nitrogen and oxygen atoms in total. The number of hydrogen-bond acceptors (Lipinski definition) is 14. The van der Waals surface area contributed by atoms with Crippen LogP contribution in [0.3, 0.4) is 0 Å². The van der Waals surface area contributed by atoms with E-state index in [0.717, 1.165) is 47.9 Å². The van der Waals surface area contributed by atoms with Crippen molar-refractivity contribution in [1.29, 1.82) is 0 Å². The molecule has 0 aliphatic rings. The van der Waals surface area contributed by atoms with Crippen LogP contribution in [0.4, 0.5) is 53.0 Å². The molecule has 1 unspecified atom stereocenters. The van der Waals surface area contributed by atoms with Gasteiger partial charge in [0.1, 0.15) is 5.41 Å². The summed E-state index contributed by atoms with van der Waals surface area (Å²) < 4.78 is 46.9. The minimum Gasteiger partial charge on any atom is -0.478 e. The van der Waals surface area contributed by atoms with E-state index in [1.54, 1.807) is 77.9 Å². The Labute approximate surface area is 490 Å². The smallest absolute Gasteiger partial charge is 0.402 e. The summed E-state index contributed by atoms with van der Waals surface area (Å²) in [6.45, 7) is 17.1. The third-order valence-corrected chi connectivity index (χ3v) is 14.1. The number of halogens is 3. The zero-order chi connectivity index (χ0) is 64.1. The molecule has 7 aromatic carbocycles. The summed E-state index contributed by atoms with van der Waals surface area (Å²) in [5.41, 5.74) is 4.39. The zero-order valence-corrected chi connectivity index (χ0v) is 48.3. The molecule has 23 heteroatoms. The van der Waals surface area contributed by atoms with Crippen molar-refractivity contribution in [3.05, 3.63) is 204 Å². The van der Waals surface area contributed by atoms with Gasteiger partial charge in [-0.2, -0.15) is 52.8 Å². The lowest BCUT2D eigenvalue weighted by atomic mass is 9.74. The minimum atomic E-state index is -5.03. The van der Waals surface area contributed by atoms with Crippen LogP contribution in [-0.4, -0.2) is 71.3 Å². The molecular weight excluding hydrogens is 1120 g/mol. The number of hydrogen-bond donors (Lipinski definition) is 6. The quantitative estimate of drug-likeness (QED) is 0.0522. The molecule has 6 N–H and O–H groups in total. The van der Waals surface area contributed by atoms with Gasteiger partial charge in [-0.05, 0) is 221 Å². The van der Waals surface area contributed by atoms with E-state index in [2.05, 4.69) is 41.7 Å². The summed E-state index contributed by atoms with van der Waals surface area (Å²) in [5, 5.41) is 48.1. The lowest BCUT2D eigenvalue weighted by molar-refractivity contribution is -0.193. The fourth-order valence-corrected chi connectivity index (χ4v) is 9.33. The standard InChI is InChI=1S/C61H57F3N8O8.2CO2/c1-30-19-43(20-31(2)38(30)9)69-70-45-25-36(7)53(37(8)26-45)68-57(76)50-29-42(16-18-48(50)59(79)80)60(10,61(62,63)64)41-14-12-13-39(27-41)55(74)66-51-32(3)21-44(22-33(51)4)71-72-46-23-34(5)52(35(6)24-46)67-56(75)49-28-40(54(73)65-11)15-17-47(49)58(77)78;2*2-1-3/h12-29H,1-11H3,(H,65,73)(H,66,74)(H,67,75)(H,68,76)(H,77,78)(H,79,80);;. The summed E-state index contributed by atoms with van der Waals surface area (Å²) in [7, 11) is 1.41. The number of alkyl halides is 3. The molecule has 0 bridgehead atoms. The van der Waals surface area contributed by atoms with Crippen molar-refractivity contribution in [1.82, 2.24) is 5.32 Å². The van der Waals surface area contributed by atoms with Crippen molar-refractivity contribution in [2.24, 2.45) is 20.5 Å². The summed E-state index contributed by atoms with van der Waals surface area (Å²) >= 11 is 0. The molecule has 442 valence electrons. The van der Waals surface area contributed by atoms with E-state index in [1.165, 1.54) is 43.4 Å². The Morgan fingerprint density at radius 3 is 1.10 bits per heavy atom. The lowest BCUT2D eigenvalue weighted by Crippen LogP contribution is -2.41. The van der Waals surface area contributed by atoms with Crippen LogP contribution in [0.15, 0.2) is 130 Å². The van der Waals surface area contributed by atoms with Gasteiger partial charge in [-0.25, -0.2) is 9.59 Å². The summed E-state index contributed by atoms with van der Waals surface area (Å²) in [6, 6.07) is 25.3. The van der Waals surface area contributed by atoms with Crippen LogP contribution in [0.2, 0.25) is 0 Å². The van der Waals surface area contributed by atoms with Gasteiger partial charge < -0.3 is 31.5 Å². The third kappa shape index (κ3) is 15.2. The molecule has 0 aliphatic carbocycles. The number of anilines is 3. The van der Waals surface area contributed by atoms with Crippen molar-refractivity contribution in [3.63, 3.8) is 0 Å². The van der Waals surface area contributed by atoms with Gasteiger partial charge in [0.2, 0.25) is 0 Å². The van der Waals surface area contributed by atoms with Crippen LogP contribution in [0, 0.1) is 62.3 Å². The van der Waals surface area contributed by atoms with Crippen LogP contribution in [0.5, 0.6) is 0 Å². The van der Waals surface area contributed by atoms with Gasteiger partial charge in [-0.3, -0.25) is 19.2 Å². The van der Waals surface area contributed by atoms with Crippen molar-refractivity contribution in [3.8, 4) is 0 Å². The summed E-state index contributed by atoms with van der Waals surface area (Å²) in [4.78, 5) is 111. The molecule has 1 atom stereocenters. The Balaban J connectivity index is 0.00000216. The van der Waals surface area contributed by atoms with Gasteiger partial charge in [0, 0.05) is 35.2 Å². The number of aryl methyl sites for hydroxylation is 8. The average Bonchev–Trinajstić information content (AvgIpc) is 1.13. The first-order chi connectivity index (χ1) is 40.4. The van der Waals surface area contributed by atoms with Crippen molar-refractivity contribution >= 4 is 87.7 Å². The highest BCUT2D eigenvalue weighted by molar-refractivity contribution is 6.13. The molecule has 0 heterocycles. The Morgan fingerprint density at radius 2 is 0.744 bits per heavy atom. The van der Waals surface area contributed by atoms with Crippen LogP contribution in [-0.2, 0) is 24.6 Å². The minimum absolute atomic E-state index is 0.102. The average molecular weight is 1180 g/mol. The largest absolute Gasteiger partial charge is 0.478 e. The van der Waals surface area contributed by atoms with Gasteiger partial charge >= 0.3 is 30.4 Å². The number of carboxylic acid groups (broad SMARTS) is 2. The van der Waals surface area contributed by atoms with Crippen molar-refractivity contribution in [2.45, 2.75) is 80.8 Å². The molecule has 0 fully saturated rings. The highest BCUT2D eigenvalue weighted by Gasteiger charge is 2.54. The SMILES string of the molecule is CNC(=O)c1ccc(C(=O)O)c(C(=O)Nc2c(C)cc(N=Nc3cc(C)c(NC(=O)c4cccc(C(C)(c5ccc(C(=O)O)c(C(=O)Nc6c(C)cc(N=Nc7cc(C)c(C)c(C)c7)cc6C)c5)C(F)(F)F)c4)c(C)c3)cc2C)c1.O=C=O.O=C=O. The predicted octanol–water partition coefficient (Wildman–Crippen LogP) is 13.5. The van der Waals surface area contributed by atoms with Crippen LogP contribution >= 0.6 is 0 Å². The molecule has 86 heavy (non-hydrogen) atoms. The summed E-state index contributed by atoms with van der Waals surface area (Å²) in [6.07, 6.45) is -4.53. The van der Waals surface area contributed by atoms with E-state index in [-0.39, 0.29) is 40.1 Å². The highest BCUT2D eigenvalue weighted by atomic mass is 19.4. The number of nitrogens with one attached hydrogen (secondary N) is 4. The Hall–Kier alpha value is -10.9. The van der Waals surface area contributed by atoms with Gasteiger partial charge in [0.25, 0.3) is 23.6 Å². The first-order valence-corrected chi connectivity index (χ1v) is 25.8. The second-order valence-corrected chi connectivity index (χ2v) is 19.9. The van der Waals surface area contributed by atoms with E-state index in [1.807, 2.05) is 32.9 Å². The number of nitrogens with zero attached hydrogens (tertiary/aromatic N) is 4. The number of carboxylic acids is 2. The van der Waals surface area contributed by atoms with Crippen molar-refractivity contribution in [2.75, 3.05) is 23.0 Å². The van der Waals surface area contributed by atoms with E-state index in [9.17, 15) is 39.0 Å². The monoisotopic (exact) mass is 1170 g/mol. The van der Waals surface area contributed by atoms with Crippen LogP contribution < -0.4 is 21.3 Å². The second kappa shape index (κ2) is 27.9. The number of amides is 4. The Morgan fingerprint density at radius 1 is 0.419 bits per heavy atom. The molecular formula is C63H57F3N8O12. The van der Waals surface area contributed by atoms with Gasteiger partial charge in [-0.1, -0.05) is 18.2 Å². The van der Waals surface area contributed by atoms with E-state index in [4.69, 9.17) is 19.2 Å². The normalized spacial score (nSPS) is 11.6. The van der Waals surface area contributed by atoms with Crippen molar-refractivity contribution < 1.29 is 71.3 Å². The molecule has 4 amide bonds. The molecule has 0 spiro atoms. The zero-order valence-electron chi connectivity index (χ0n) is 48.3. The number of benzene rings is 7. The maximum Gasteiger partial charge on any atom is 0.402 e. The first kappa shape index (κ1) is 65.9. The number of azo groups is 2. The van der Waals surface area contributed by atoms with Gasteiger partial charge in [0.15, 0.2) is 0 Å². The Kier molecular flexibility index (Phi) is 21.4. The van der Waals surface area contributed by atoms with Crippen LogP contribution in [0.1, 0.15) is 130 Å².